The van der Waals surface area contributed by atoms with Crippen molar-refractivity contribution in [2.75, 3.05) is 42.9 Å². The fourth-order valence-corrected chi connectivity index (χ4v) is 6.05. The highest BCUT2D eigenvalue weighted by atomic mass is 32.2. The molecule has 2 saturated heterocycles. The Bertz CT molecular complexity index is 1110. The highest BCUT2D eigenvalue weighted by Gasteiger charge is 2.28. The predicted octanol–water partition coefficient (Wildman–Crippen LogP) is 3.22. The van der Waals surface area contributed by atoms with Crippen LogP contribution in [0.5, 0.6) is 0 Å². The van der Waals surface area contributed by atoms with Crippen LogP contribution < -0.4 is 15.5 Å². The lowest BCUT2D eigenvalue weighted by Crippen LogP contribution is -2.37. The van der Waals surface area contributed by atoms with Crippen molar-refractivity contribution < 1.29 is 18.0 Å². The minimum absolute atomic E-state index is 0.119. The molecule has 0 bridgehead atoms. The van der Waals surface area contributed by atoms with E-state index in [2.05, 4.69) is 15.5 Å². The van der Waals surface area contributed by atoms with Gasteiger partial charge in [0.1, 0.15) is 0 Å². The summed E-state index contributed by atoms with van der Waals surface area (Å²) in [5.41, 5.74) is 1.64. The fourth-order valence-electron chi connectivity index (χ4n) is 4.50. The van der Waals surface area contributed by atoms with Gasteiger partial charge in [0.15, 0.2) is 0 Å². The van der Waals surface area contributed by atoms with Gasteiger partial charge >= 0.3 is 0 Å². The summed E-state index contributed by atoms with van der Waals surface area (Å²) in [4.78, 5) is 27.8. The summed E-state index contributed by atoms with van der Waals surface area (Å²) in [6.45, 7) is 2.41. The lowest BCUT2D eigenvalue weighted by atomic mass is 10.1. The average molecular weight is 485 g/mol. The molecule has 34 heavy (non-hydrogen) atoms. The Labute approximate surface area is 201 Å². The molecule has 2 aromatic carbocycles. The van der Waals surface area contributed by atoms with Crippen LogP contribution >= 0.6 is 0 Å². The first-order valence-electron chi connectivity index (χ1n) is 12.0. The molecular formula is C25H32N4O4S. The molecule has 2 fully saturated rings. The third-order valence-corrected chi connectivity index (χ3v) is 8.22. The van der Waals surface area contributed by atoms with Gasteiger partial charge < -0.3 is 15.5 Å². The second-order valence-corrected chi connectivity index (χ2v) is 10.7. The van der Waals surface area contributed by atoms with Crippen LogP contribution in [-0.4, -0.2) is 57.3 Å². The predicted molar refractivity (Wildman–Crippen MR) is 133 cm³/mol. The maximum atomic E-state index is 13.2. The Kier molecular flexibility index (Phi) is 7.84. The van der Waals surface area contributed by atoms with Crippen molar-refractivity contribution in [3.63, 3.8) is 0 Å². The molecule has 2 aromatic rings. The molecule has 0 unspecified atom stereocenters. The van der Waals surface area contributed by atoms with Crippen LogP contribution in [0, 0.1) is 0 Å². The second kappa shape index (κ2) is 11.0. The number of nitrogens with zero attached hydrogens (tertiary/aromatic N) is 2. The third kappa shape index (κ3) is 5.77. The van der Waals surface area contributed by atoms with E-state index >= 15 is 0 Å². The maximum absolute atomic E-state index is 13.2. The monoisotopic (exact) mass is 484 g/mol. The first-order valence-corrected chi connectivity index (χ1v) is 13.4. The van der Waals surface area contributed by atoms with Gasteiger partial charge in [-0.2, -0.15) is 4.31 Å². The molecule has 9 heteroatoms. The minimum Gasteiger partial charge on any atom is -0.371 e. The van der Waals surface area contributed by atoms with Crippen LogP contribution in [0.15, 0.2) is 53.4 Å². The number of hydrogen-bond donors (Lipinski definition) is 2. The van der Waals surface area contributed by atoms with Crippen molar-refractivity contribution in [3.8, 4) is 0 Å². The number of carbonyl (C=O) groups is 2. The molecule has 2 heterocycles. The molecule has 0 spiro atoms. The molecule has 0 saturated carbocycles. The normalized spacial score (nSPS) is 17.2. The highest BCUT2D eigenvalue weighted by molar-refractivity contribution is 7.89. The number of nitrogens with one attached hydrogen (secondary N) is 2. The smallest absolute Gasteiger partial charge is 0.253 e. The lowest BCUT2D eigenvalue weighted by Gasteiger charge is -2.31. The summed E-state index contributed by atoms with van der Waals surface area (Å²) in [5, 5.41) is 5.41. The molecule has 182 valence electrons. The molecule has 2 amide bonds. The van der Waals surface area contributed by atoms with Gasteiger partial charge in [-0.05, 0) is 62.4 Å². The molecule has 0 aromatic heterocycles. The van der Waals surface area contributed by atoms with Crippen molar-refractivity contribution in [1.29, 1.82) is 0 Å². The minimum atomic E-state index is -3.68. The number of amides is 2. The fraction of sp³-hybridized carbons (Fsp3) is 0.440. The Morgan fingerprint density at radius 1 is 0.824 bits per heavy atom. The van der Waals surface area contributed by atoms with Crippen LogP contribution in [0.2, 0.25) is 0 Å². The molecule has 2 N–H and O–H groups in total. The van der Waals surface area contributed by atoms with Crippen molar-refractivity contribution in [1.82, 2.24) is 9.62 Å². The molecule has 0 atom stereocenters. The second-order valence-electron chi connectivity index (χ2n) is 8.79. The zero-order valence-corrected chi connectivity index (χ0v) is 20.1. The Morgan fingerprint density at radius 2 is 1.47 bits per heavy atom. The topological polar surface area (TPSA) is 98.8 Å². The van der Waals surface area contributed by atoms with E-state index in [4.69, 9.17) is 0 Å². The maximum Gasteiger partial charge on any atom is 0.253 e. The largest absolute Gasteiger partial charge is 0.371 e. The van der Waals surface area contributed by atoms with Gasteiger partial charge in [0.25, 0.3) is 5.91 Å². The third-order valence-electron chi connectivity index (χ3n) is 6.33. The molecule has 4 rings (SSSR count). The number of anilines is 2. The van der Waals surface area contributed by atoms with E-state index in [1.807, 2.05) is 18.2 Å². The van der Waals surface area contributed by atoms with E-state index in [0.29, 0.717) is 24.5 Å². The summed E-state index contributed by atoms with van der Waals surface area (Å²) < 4.78 is 28.0. The number of para-hydroxylation sites is 1. The number of sulfonamides is 1. The highest BCUT2D eigenvalue weighted by Crippen LogP contribution is 2.29. The lowest BCUT2D eigenvalue weighted by molar-refractivity contribution is -0.115. The molecule has 0 radical (unpaired) electrons. The van der Waals surface area contributed by atoms with Gasteiger partial charge in [-0.15, -0.1) is 0 Å². The van der Waals surface area contributed by atoms with Crippen LogP contribution in [0.4, 0.5) is 11.4 Å². The molecule has 2 aliphatic rings. The summed E-state index contributed by atoms with van der Waals surface area (Å²) in [6, 6.07) is 13.8. The van der Waals surface area contributed by atoms with Crippen LogP contribution in [0.3, 0.4) is 0 Å². The van der Waals surface area contributed by atoms with Gasteiger partial charge in [-0.1, -0.05) is 24.6 Å². The molecule has 0 aliphatic carbocycles. The van der Waals surface area contributed by atoms with Crippen LogP contribution in [0.25, 0.3) is 0 Å². The van der Waals surface area contributed by atoms with Gasteiger partial charge in [0.2, 0.25) is 15.9 Å². The van der Waals surface area contributed by atoms with E-state index in [0.717, 1.165) is 51.6 Å². The SMILES string of the molecule is O=C(CNC(=O)c1cc(S(=O)(=O)N2CCCCC2)ccc1N1CCCCC1)Nc1ccccc1. The Morgan fingerprint density at radius 3 is 2.15 bits per heavy atom. The summed E-state index contributed by atoms with van der Waals surface area (Å²) in [7, 11) is -3.68. The Balaban J connectivity index is 1.55. The van der Waals surface area contributed by atoms with Crippen LogP contribution in [0.1, 0.15) is 48.9 Å². The summed E-state index contributed by atoms with van der Waals surface area (Å²) in [5.74, 6) is -0.810. The first kappa shape index (κ1) is 24.2. The van der Waals surface area contributed by atoms with E-state index in [1.54, 1.807) is 24.3 Å². The zero-order chi connectivity index (χ0) is 24.0. The van der Waals surface area contributed by atoms with Gasteiger partial charge in [-0.3, -0.25) is 9.59 Å². The first-order chi connectivity index (χ1) is 16.4. The summed E-state index contributed by atoms with van der Waals surface area (Å²) in [6.07, 6.45) is 5.89. The van der Waals surface area contributed by atoms with E-state index in [1.165, 1.54) is 10.4 Å². The molecule has 2 aliphatic heterocycles. The zero-order valence-electron chi connectivity index (χ0n) is 19.3. The van der Waals surface area contributed by atoms with E-state index in [9.17, 15) is 18.0 Å². The van der Waals surface area contributed by atoms with Gasteiger partial charge in [-0.25, -0.2) is 8.42 Å². The standard InChI is InChI=1S/C25H32N4O4S/c30-24(27-20-10-4-1-5-11-20)19-26-25(31)22-18-21(34(32,33)29-16-8-3-9-17-29)12-13-23(22)28-14-6-2-7-15-28/h1,4-5,10-13,18H,2-3,6-9,14-17,19H2,(H,26,31)(H,27,30). The quantitative estimate of drug-likeness (QED) is 0.629. The van der Waals surface area contributed by atoms with Crippen molar-refractivity contribution in [3.05, 3.63) is 54.1 Å². The van der Waals surface area contributed by atoms with Crippen LogP contribution in [-0.2, 0) is 14.8 Å². The van der Waals surface area contributed by atoms with Crippen molar-refractivity contribution >= 4 is 33.2 Å². The van der Waals surface area contributed by atoms with E-state index < -0.39 is 15.9 Å². The van der Waals surface area contributed by atoms with Gasteiger partial charge in [0, 0.05) is 37.6 Å². The summed E-state index contributed by atoms with van der Waals surface area (Å²) >= 11 is 0. The number of piperidine rings is 2. The number of hydrogen-bond acceptors (Lipinski definition) is 5. The molecule has 8 nitrogen and oxygen atoms in total. The van der Waals surface area contributed by atoms with Gasteiger partial charge in [0.05, 0.1) is 17.0 Å². The van der Waals surface area contributed by atoms with Crippen molar-refractivity contribution in [2.24, 2.45) is 0 Å². The van der Waals surface area contributed by atoms with Crippen molar-refractivity contribution in [2.45, 2.75) is 43.4 Å². The van der Waals surface area contributed by atoms with E-state index in [-0.39, 0.29) is 22.9 Å². The average Bonchev–Trinajstić information content (AvgIpc) is 2.88. The Hall–Kier alpha value is -2.91. The number of benzene rings is 2. The number of rotatable bonds is 7. The number of carbonyl (C=O) groups excluding carboxylic acids is 2. The molecular weight excluding hydrogens is 452 g/mol.